The summed E-state index contributed by atoms with van der Waals surface area (Å²) < 4.78 is 16.2. The number of rotatable bonds is 6. The Balaban J connectivity index is 1.72. The highest BCUT2D eigenvalue weighted by Gasteiger charge is 2.11. The van der Waals surface area contributed by atoms with Crippen molar-refractivity contribution in [3.05, 3.63) is 65.3 Å². The van der Waals surface area contributed by atoms with Gasteiger partial charge in [-0.25, -0.2) is 4.79 Å². The van der Waals surface area contributed by atoms with Crippen LogP contribution in [0.4, 0.5) is 0 Å². The van der Waals surface area contributed by atoms with Crippen molar-refractivity contribution in [3.8, 4) is 17.1 Å². The number of carboxylic acids is 1. The minimum absolute atomic E-state index is 0.121. The molecule has 3 aromatic rings. The summed E-state index contributed by atoms with van der Waals surface area (Å²) in [6.45, 7) is 2.03. The fourth-order valence-corrected chi connectivity index (χ4v) is 2.29. The number of hydrogen-bond donors (Lipinski definition) is 1. The topological polar surface area (TPSA) is 89.9 Å². The van der Waals surface area contributed by atoms with E-state index in [0.717, 1.165) is 11.1 Å². The van der Waals surface area contributed by atoms with Crippen molar-refractivity contribution < 1.29 is 28.3 Å². The van der Waals surface area contributed by atoms with Gasteiger partial charge in [0.05, 0.1) is 0 Å². The van der Waals surface area contributed by atoms with Crippen LogP contribution in [-0.2, 0) is 6.61 Å². The van der Waals surface area contributed by atoms with E-state index in [-0.39, 0.29) is 18.1 Å². The van der Waals surface area contributed by atoms with E-state index in [9.17, 15) is 9.59 Å². The van der Waals surface area contributed by atoms with Gasteiger partial charge in [-0.05, 0) is 55.0 Å². The van der Waals surface area contributed by atoms with Crippen LogP contribution < -0.4 is 4.74 Å². The van der Waals surface area contributed by atoms with E-state index >= 15 is 0 Å². The lowest BCUT2D eigenvalue weighted by Crippen LogP contribution is -1.96. The normalized spacial score (nSPS) is 10.5. The molecule has 0 aliphatic carbocycles. The lowest BCUT2D eigenvalue weighted by Gasteiger charge is -2.08. The standard InChI is InChI=1S/C18H14O6/c1-11-8-12(22-10-14-4-7-17(24-14)18(20)21)2-5-15(11)16-6-3-13(9-19)23-16/h2-9H,10H2,1H3,(H,20,21). The molecule has 2 aromatic heterocycles. The number of carboxylic acid groups (broad SMARTS) is 1. The number of carbonyl (C=O) groups is 2. The van der Waals surface area contributed by atoms with Gasteiger partial charge in [0.1, 0.15) is 23.9 Å². The third-order valence-electron chi connectivity index (χ3n) is 3.46. The lowest BCUT2D eigenvalue weighted by atomic mass is 10.1. The molecule has 0 atom stereocenters. The van der Waals surface area contributed by atoms with Gasteiger partial charge < -0.3 is 18.7 Å². The molecule has 6 nitrogen and oxygen atoms in total. The van der Waals surface area contributed by atoms with Gasteiger partial charge in [0.15, 0.2) is 12.0 Å². The number of aldehydes is 1. The number of carbonyl (C=O) groups excluding carboxylic acids is 1. The fraction of sp³-hybridized carbons (Fsp3) is 0.111. The number of aryl methyl sites for hydroxylation is 1. The molecule has 0 fully saturated rings. The van der Waals surface area contributed by atoms with Crippen molar-refractivity contribution in [2.24, 2.45) is 0 Å². The number of aromatic carboxylic acids is 1. The van der Waals surface area contributed by atoms with Crippen LogP contribution in [0, 0.1) is 6.92 Å². The molecule has 122 valence electrons. The summed E-state index contributed by atoms with van der Waals surface area (Å²) in [7, 11) is 0. The van der Waals surface area contributed by atoms with Crippen LogP contribution in [0.5, 0.6) is 5.75 Å². The van der Waals surface area contributed by atoms with E-state index in [2.05, 4.69) is 0 Å². The van der Waals surface area contributed by atoms with Crippen molar-refractivity contribution in [2.75, 3.05) is 0 Å². The molecule has 0 unspecified atom stereocenters. The Labute approximate surface area is 137 Å². The highest BCUT2D eigenvalue weighted by atomic mass is 16.5. The first kappa shape index (κ1) is 15.6. The first-order chi connectivity index (χ1) is 11.6. The summed E-state index contributed by atoms with van der Waals surface area (Å²) in [5, 5.41) is 8.81. The van der Waals surface area contributed by atoms with Crippen LogP contribution in [0.25, 0.3) is 11.3 Å². The molecule has 0 spiro atoms. The zero-order valence-corrected chi connectivity index (χ0v) is 12.8. The number of furan rings is 2. The highest BCUT2D eigenvalue weighted by molar-refractivity contribution is 5.84. The Morgan fingerprint density at radius 2 is 2.00 bits per heavy atom. The smallest absolute Gasteiger partial charge is 0.371 e. The number of hydrogen-bond acceptors (Lipinski definition) is 5. The molecule has 0 aliphatic rings. The average molecular weight is 326 g/mol. The third-order valence-corrected chi connectivity index (χ3v) is 3.46. The largest absolute Gasteiger partial charge is 0.486 e. The van der Waals surface area contributed by atoms with Gasteiger partial charge in [-0.1, -0.05) is 0 Å². The van der Waals surface area contributed by atoms with E-state index in [1.807, 2.05) is 19.1 Å². The van der Waals surface area contributed by atoms with Gasteiger partial charge in [0.25, 0.3) is 0 Å². The second-order valence-electron chi connectivity index (χ2n) is 5.16. The second kappa shape index (κ2) is 6.45. The van der Waals surface area contributed by atoms with Gasteiger partial charge in [-0.3, -0.25) is 4.79 Å². The molecule has 2 heterocycles. The first-order valence-corrected chi connectivity index (χ1v) is 7.17. The van der Waals surface area contributed by atoms with Crippen LogP contribution in [0.1, 0.15) is 32.4 Å². The van der Waals surface area contributed by atoms with E-state index in [1.165, 1.54) is 6.07 Å². The zero-order chi connectivity index (χ0) is 17.1. The number of benzene rings is 1. The highest BCUT2D eigenvalue weighted by Crippen LogP contribution is 2.28. The van der Waals surface area contributed by atoms with Crippen LogP contribution in [0.15, 0.2) is 51.3 Å². The Kier molecular flexibility index (Phi) is 4.20. The predicted molar refractivity (Wildman–Crippen MR) is 84.3 cm³/mol. The van der Waals surface area contributed by atoms with Crippen molar-refractivity contribution in [1.82, 2.24) is 0 Å². The molecule has 1 N–H and O–H groups in total. The molecule has 0 radical (unpaired) electrons. The monoisotopic (exact) mass is 326 g/mol. The summed E-state index contributed by atoms with van der Waals surface area (Å²) in [4.78, 5) is 21.5. The molecule has 3 rings (SSSR count). The van der Waals surface area contributed by atoms with E-state index in [0.29, 0.717) is 23.6 Å². The van der Waals surface area contributed by atoms with Crippen LogP contribution in [0.2, 0.25) is 0 Å². The average Bonchev–Trinajstić information content (AvgIpc) is 3.22. The fourth-order valence-electron chi connectivity index (χ4n) is 2.29. The molecule has 0 saturated carbocycles. The van der Waals surface area contributed by atoms with Crippen LogP contribution in [0.3, 0.4) is 0 Å². The van der Waals surface area contributed by atoms with E-state index < -0.39 is 5.97 Å². The van der Waals surface area contributed by atoms with E-state index in [4.69, 9.17) is 18.7 Å². The van der Waals surface area contributed by atoms with Gasteiger partial charge >= 0.3 is 5.97 Å². The van der Waals surface area contributed by atoms with Crippen molar-refractivity contribution in [2.45, 2.75) is 13.5 Å². The Morgan fingerprint density at radius 1 is 1.17 bits per heavy atom. The third kappa shape index (κ3) is 3.22. The van der Waals surface area contributed by atoms with E-state index in [1.54, 1.807) is 24.3 Å². The quantitative estimate of drug-likeness (QED) is 0.690. The zero-order valence-electron chi connectivity index (χ0n) is 12.8. The molecule has 0 amide bonds. The molecule has 1 aromatic carbocycles. The maximum atomic E-state index is 10.8. The molecule has 24 heavy (non-hydrogen) atoms. The lowest BCUT2D eigenvalue weighted by molar-refractivity contribution is 0.0658. The number of ether oxygens (including phenoxy) is 1. The summed E-state index contributed by atoms with van der Waals surface area (Å²) in [6.07, 6.45) is 0.658. The van der Waals surface area contributed by atoms with Gasteiger partial charge in [-0.15, -0.1) is 0 Å². The minimum Gasteiger partial charge on any atom is -0.486 e. The van der Waals surface area contributed by atoms with Gasteiger partial charge in [0.2, 0.25) is 5.76 Å². The minimum atomic E-state index is -1.12. The summed E-state index contributed by atoms with van der Waals surface area (Å²) in [6, 6.07) is 11.7. The first-order valence-electron chi connectivity index (χ1n) is 7.17. The Morgan fingerprint density at radius 3 is 2.62 bits per heavy atom. The van der Waals surface area contributed by atoms with Crippen LogP contribution >= 0.6 is 0 Å². The summed E-state index contributed by atoms with van der Waals surface area (Å²) in [5.41, 5.74) is 1.78. The summed E-state index contributed by atoms with van der Waals surface area (Å²) >= 11 is 0. The molecular formula is C18H14O6. The maximum absolute atomic E-state index is 10.8. The SMILES string of the molecule is Cc1cc(OCc2ccc(C(=O)O)o2)ccc1-c1ccc(C=O)o1. The second-order valence-corrected chi connectivity index (χ2v) is 5.16. The van der Waals surface area contributed by atoms with Crippen LogP contribution in [-0.4, -0.2) is 17.4 Å². The maximum Gasteiger partial charge on any atom is 0.371 e. The molecule has 0 saturated heterocycles. The van der Waals surface area contributed by atoms with Gasteiger partial charge in [-0.2, -0.15) is 0 Å². The van der Waals surface area contributed by atoms with Gasteiger partial charge in [0, 0.05) is 5.56 Å². The van der Waals surface area contributed by atoms with Crippen molar-refractivity contribution in [3.63, 3.8) is 0 Å². The molecule has 0 bridgehead atoms. The Bertz CT molecular complexity index is 887. The van der Waals surface area contributed by atoms with Crippen molar-refractivity contribution in [1.29, 1.82) is 0 Å². The summed E-state index contributed by atoms with van der Waals surface area (Å²) in [5.74, 6) is 0.691. The molecule has 6 heteroatoms. The predicted octanol–water partition coefficient (Wildman–Crippen LogP) is 3.94. The Hall–Kier alpha value is -3.28. The van der Waals surface area contributed by atoms with Crippen molar-refractivity contribution >= 4 is 12.3 Å². The molecular weight excluding hydrogens is 312 g/mol. The molecule has 0 aliphatic heterocycles.